The average molecular weight is 506 g/mol. The number of carbonyl (C=O) groups excluding carboxylic acids is 1. The van der Waals surface area contributed by atoms with Gasteiger partial charge in [-0.25, -0.2) is 5.43 Å². The molecule has 0 saturated carbocycles. The van der Waals surface area contributed by atoms with Crippen LogP contribution in [-0.2, 0) is 4.79 Å². The Hall–Kier alpha value is -3.62. The van der Waals surface area contributed by atoms with Crippen LogP contribution in [0.4, 0.5) is 0 Å². The number of nitrogens with zero attached hydrogens (tertiary/aromatic N) is 4. The topological polar surface area (TPSA) is 81.4 Å². The quantitative estimate of drug-likeness (QED) is 0.172. The van der Waals surface area contributed by atoms with Crippen LogP contribution in [0.15, 0.2) is 89.1 Å². The van der Waals surface area contributed by atoms with Crippen LogP contribution in [0.5, 0.6) is 5.75 Å². The molecule has 9 heteroatoms. The van der Waals surface area contributed by atoms with Crippen molar-refractivity contribution in [2.24, 2.45) is 5.10 Å². The molecule has 178 valence electrons. The number of para-hydroxylation sites is 1. The second kappa shape index (κ2) is 12.2. The van der Waals surface area contributed by atoms with E-state index in [0.29, 0.717) is 22.6 Å². The van der Waals surface area contributed by atoms with Crippen LogP contribution >= 0.6 is 23.4 Å². The number of carbonyl (C=O) groups is 1. The molecule has 0 aliphatic heterocycles. The highest BCUT2D eigenvalue weighted by Gasteiger charge is 2.17. The van der Waals surface area contributed by atoms with Crippen molar-refractivity contribution >= 4 is 35.5 Å². The SMILES string of the molecule is CCCOc1ccc(/C=N/NC(=O)CSc2nnc(-c3ccc(Cl)cc3)n2-c2ccccc2)cc1. The van der Waals surface area contributed by atoms with Gasteiger partial charge in [0.25, 0.3) is 5.91 Å². The van der Waals surface area contributed by atoms with Gasteiger partial charge in [-0.2, -0.15) is 5.10 Å². The van der Waals surface area contributed by atoms with Gasteiger partial charge in [0.1, 0.15) is 5.75 Å². The molecule has 0 spiro atoms. The third-order valence-corrected chi connectivity index (χ3v) is 6.02. The Morgan fingerprint density at radius 1 is 1.06 bits per heavy atom. The van der Waals surface area contributed by atoms with E-state index in [9.17, 15) is 4.79 Å². The molecule has 0 saturated heterocycles. The smallest absolute Gasteiger partial charge is 0.250 e. The number of hydrazone groups is 1. The summed E-state index contributed by atoms with van der Waals surface area (Å²) in [6.45, 7) is 2.74. The summed E-state index contributed by atoms with van der Waals surface area (Å²) in [6, 6.07) is 24.7. The molecule has 1 N–H and O–H groups in total. The molecule has 0 fully saturated rings. The van der Waals surface area contributed by atoms with Crippen molar-refractivity contribution in [1.82, 2.24) is 20.2 Å². The molecule has 4 rings (SSSR count). The zero-order valence-corrected chi connectivity index (χ0v) is 20.7. The fourth-order valence-corrected chi connectivity index (χ4v) is 4.04. The maximum Gasteiger partial charge on any atom is 0.250 e. The lowest BCUT2D eigenvalue weighted by Gasteiger charge is -2.10. The maximum absolute atomic E-state index is 12.4. The second-order valence-electron chi connectivity index (χ2n) is 7.48. The van der Waals surface area contributed by atoms with Gasteiger partial charge in [-0.15, -0.1) is 10.2 Å². The van der Waals surface area contributed by atoms with Gasteiger partial charge in [0.05, 0.1) is 18.6 Å². The molecule has 0 unspecified atom stereocenters. The van der Waals surface area contributed by atoms with E-state index >= 15 is 0 Å². The summed E-state index contributed by atoms with van der Waals surface area (Å²) < 4.78 is 7.49. The van der Waals surface area contributed by atoms with Crippen molar-refractivity contribution in [1.29, 1.82) is 0 Å². The van der Waals surface area contributed by atoms with Gasteiger partial charge in [0, 0.05) is 16.3 Å². The van der Waals surface area contributed by atoms with Crippen LogP contribution < -0.4 is 10.2 Å². The van der Waals surface area contributed by atoms with Crippen molar-refractivity contribution in [3.05, 3.63) is 89.4 Å². The number of hydrogen-bond donors (Lipinski definition) is 1. The molecule has 0 atom stereocenters. The largest absolute Gasteiger partial charge is 0.494 e. The molecule has 1 aromatic heterocycles. The van der Waals surface area contributed by atoms with E-state index in [2.05, 4.69) is 27.6 Å². The fourth-order valence-electron chi connectivity index (χ4n) is 3.17. The predicted molar refractivity (Wildman–Crippen MR) is 140 cm³/mol. The molecule has 0 aliphatic carbocycles. The Labute approximate surface area is 213 Å². The molecule has 7 nitrogen and oxygen atoms in total. The average Bonchev–Trinajstić information content (AvgIpc) is 3.32. The number of halogens is 1. The van der Waals surface area contributed by atoms with E-state index in [1.165, 1.54) is 11.8 Å². The monoisotopic (exact) mass is 505 g/mol. The van der Waals surface area contributed by atoms with E-state index in [0.717, 1.165) is 29.0 Å². The number of ether oxygens (including phenoxy) is 1. The first kappa shape index (κ1) is 24.5. The lowest BCUT2D eigenvalue weighted by atomic mass is 10.2. The predicted octanol–water partition coefficient (Wildman–Crippen LogP) is 5.62. The summed E-state index contributed by atoms with van der Waals surface area (Å²) in [7, 11) is 0. The maximum atomic E-state index is 12.4. The lowest BCUT2D eigenvalue weighted by molar-refractivity contribution is -0.118. The lowest BCUT2D eigenvalue weighted by Crippen LogP contribution is -2.20. The minimum absolute atomic E-state index is 0.132. The molecule has 3 aromatic carbocycles. The number of amides is 1. The van der Waals surface area contributed by atoms with Gasteiger partial charge in [-0.1, -0.05) is 48.5 Å². The van der Waals surface area contributed by atoms with Crippen LogP contribution in [0.25, 0.3) is 17.1 Å². The van der Waals surface area contributed by atoms with E-state index in [4.69, 9.17) is 16.3 Å². The fraction of sp³-hybridized carbons (Fsp3) is 0.154. The zero-order chi connectivity index (χ0) is 24.5. The molecule has 1 amide bonds. The van der Waals surface area contributed by atoms with Crippen molar-refractivity contribution < 1.29 is 9.53 Å². The van der Waals surface area contributed by atoms with Crippen LogP contribution in [0, 0.1) is 0 Å². The number of thioether (sulfide) groups is 1. The Bertz CT molecular complexity index is 1280. The molecular weight excluding hydrogens is 482 g/mol. The van der Waals surface area contributed by atoms with Gasteiger partial charge < -0.3 is 4.74 Å². The summed E-state index contributed by atoms with van der Waals surface area (Å²) in [5, 5.41) is 14.0. The van der Waals surface area contributed by atoms with E-state index in [-0.39, 0.29) is 11.7 Å². The number of rotatable bonds is 10. The highest BCUT2D eigenvalue weighted by molar-refractivity contribution is 7.99. The van der Waals surface area contributed by atoms with E-state index < -0.39 is 0 Å². The first-order chi connectivity index (χ1) is 17.1. The van der Waals surface area contributed by atoms with Gasteiger partial charge >= 0.3 is 0 Å². The van der Waals surface area contributed by atoms with Gasteiger partial charge in [-0.05, 0) is 72.6 Å². The molecule has 35 heavy (non-hydrogen) atoms. The third kappa shape index (κ3) is 6.71. The molecular formula is C26H24ClN5O2S. The van der Waals surface area contributed by atoms with Crippen molar-refractivity contribution in [3.8, 4) is 22.8 Å². The highest BCUT2D eigenvalue weighted by atomic mass is 35.5. The Morgan fingerprint density at radius 3 is 2.51 bits per heavy atom. The zero-order valence-electron chi connectivity index (χ0n) is 19.1. The number of nitrogens with one attached hydrogen (secondary N) is 1. The molecule has 1 heterocycles. The Balaban J connectivity index is 1.41. The van der Waals surface area contributed by atoms with Crippen molar-refractivity contribution in [2.75, 3.05) is 12.4 Å². The van der Waals surface area contributed by atoms with E-state index in [1.807, 2.05) is 83.4 Å². The first-order valence-electron chi connectivity index (χ1n) is 11.1. The van der Waals surface area contributed by atoms with Crippen LogP contribution in [0.2, 0.25) is 5.02 Å². The summed E-state index contributed by atoms with van der Waals surface area (Å²) >= 11 is 7.33. The second-order valence-corrected chi connectivity index (χ2v) is 8.86. The molecule has 4 aromatic rings. The first-order valence-corrected chi connectivity index (χ1v) is 12.4. The normalized spacial score (nSPS) is 11.0. The molecule has 0 radical (unpaired) electrons. The van der Waals surface area contributed by atoms with Crippen molar-refractivity contribution in [3.63, 3.8) is 0 Å². The summed E-state index contributed by atoms with van der Waals surface area (Å²) in [5.74, 6) is 1.36. The summed E-state index contributed by atoms with van der Waals surface area (Å²) in [6.07, 6.45) is 2.55. The van der Waals surface area contributed by atoms with Crippen molar-refractivity contribution in [2.45, 2.75) is 18.5 Å². The highest BCUT2D eigenvalue weighted by Crippen LogP contribution is 2.28. The Kier molecular flexibility index (Phi) is 8.53. The summed E-state index contributed by atoms with van der Waals surface area (Å²) in [4.78, 5) is 12.4. The van der Waals surface area contributed by atoms with Crippen LogP contribution in [0.1, 0.15) is 18.9 Å². The van der Waals surface area contributed by atoms with Gasteiger partial charge in [-0.3, -0.25) is 9.36 Å². The minimum Gasteiger partial charge on any atom is -0.494 e. The van der Waals surface area contributed by atoms with Crippen LogP contribution in [-0.4, -0.2) is 39.2 Å². The summed E-state index contributed by atoms with van der Waals surface area (Å²) in [5.41, 5.74) is 5.19. The third-order valence-electron chi connectivity index (χ3n) is 4.84. The standard InChI is InChI=1S/C26H24ClN5O2S/c1-2-16-34-23-14-8-19(9-15-23)17-28-29-24(33)18-35-26-31-30-25(20-10-12-21(27)13-11-20)32(26)22-6-4-3-5-7-22/h3-15,17H,2,16,18H2,1H3,(H,29,33)/b28-17+. The Morgan fingerprint density at radius 2 is 1.80 bits per heavy atom. The van der Waals surface area contributed by atoms with Crippen LogP contribution in [0.3, 0.4) is 0 Å². The minimum atomic E-state index is -0.246. The van der Waals surface area contributed by atoms with E-state index in [1.54, 1.807) is 6.21 Å². The molecule has 0 aliphatic rings. The van der Waals surface area contributed by atoms with Gasteiger partial charge in [0.15, 0.2) is 11.0 Å². The number of benzene rings is 3. The molecule has 0 bridgehead atoms. The number of hydrogen-bond acceptors (Lipinski definition) is 6. The van der Waals surface area contributed by atoms with Gasteiger partial charge in [0.2, 0.25) is 0 Å². The number of aromatic nitrogens is 3.